The number of carbonyl (C=O) groups is 1. The van der Waals surface area contributed by atoms with Gasteiger partial charge in [-0.1, -0.05) is 54.6 Å². The number of amides is 1. The monoisotopic (exact) mass is 525 g/mol. The van der Waals surface area contributed by atoms with Crippen molar-refractivity contribution in [2.45, 2.75) is 44.8 Å². The van der Waals surface area contributed by atoms with Crippen LogP contribution in [0.2, 0.25) is 0 Å². The van der Waals surface area contributed by atoms with Gasteiger partial charge in [0.05, 0.1) is 11.2 Å². The number of aromatic nitrogens is 1. The summed E-state index contributed by atoms with van der Waals surface area (Å²) in [4.78, 5) is 19.4. The van der Waals surface area contributed by atoms with Crippen molar-refractivity contribution in [1.82, 2.24) is 10.3 Å². The second-order valence-corrected chi connectivity index (χ2v) is 11.3. The number of alkyl carbamates (subject to hydrolysis) is 1. The van der Waals surface area contributed by atoms with Gasteiger partial charge in [0.25, 0.3) is 0 Å². The fourth-order valence-electron chi connectivity index (χ4n) is 4.98. The van der Waals surface area contributed by atoms with Gasteiger partial charge in [-0.3, -0.25) is 0 Å². The van der Waals surface area contributed by atoms with Crippen molar-refractivity contribution >= 4 is 25.1 Å². The van der Waals surface area contributed by atoms with E-state index in [0.717, 1.165) is 16.9 Å². The third-order valence-corrected chi connectivity index (χ3v) is 7.92. The number of pyridine rings is 1. The Morgan fingerprint density at radius 2 is 1.56 bits per heavy atom. The summed E-state index contributed by atoms with van der Waals surface area (Å²) in [5, 5.41) is 2.92. The average Bonchev–Trinajstić information content (AvgIpc) is 3.34. The summed E-state index contributed by atoms with van der Waals surface area (Å²) in [5.41, 5.74) is 5.40. The number of hydrogen-bond donors (Lipinski definition) is 1. The molecule has 0 bridgehead atoms. The van der Waals surface area contributed by atoms with Crippen LogP contribution in [0.3, 0.4) is 0 Å². The smallest absolute Gasteiger partial charge is 0.449 e. The van der Waals surface area contributed by atoms with Gasteiger partial charge in [-0.25, -0.2) is 9.78 Å². The third-order valence-electron chi connectivity index (χ3n) is 7.92. The number of ether oxygens (including phenoxy) is 1. The number of hydrogen-bond acceptors (Lipinski definition) is 6. The Labute approximate surface area is 231 Å². The first-order valence-corrected chi connectivity index (χ1v) is 13.3. The van der Waals surface area contributed by atoms with E-state index in [2.05, 4.69) is 34.6 Å². The van der Waals surface area contributed by atoms with Gasteiger partial charge in [0, 0.05) is 32.8 Å². The van der Waals surface area contributed by atoms with Gasteiger partial charge in [0.1, 0.15) is 12.4 Å². The van der Waals surface area contributed by atoms with E-state index in [0.29, 0.717) is 0 Å². The summed E-state index contributed by atoms with van der Waals surface area (Å²) in [6.07, 6.45) is 3.27. The van der Waals surface area contributed by atoms with Crippen LogP contribution in [0.25, 0.3) is 17.2 Å². The quantitative estimate of drug-likeness (QED) is 0.399. The zero-order valence-electron chi connectivity index (χ0n) is 23.5. The summed E-state index contributed by atoms with van der Waals surface area (Å²) in [5.74, 6) is 0.864. The SMILES string of the molecule is CN(C)c1ccc(C=C(CNC(=O)OCC2c3ccccc3-c3ccccc32)B2OC(C)(C)C(C)(C)O2)cn1. The Bertz CT molecular complexity index is 1320. The van der Waals surface area contributed by atoms with Crippen LogP contribution in [0.15, 0.2) is 72.3 Å². The lowest BCUT2D eigenvalue weighted by Crippen LogP contribution is -2.41. The van der Waals surface area contributed by atoms with E-state index in [-0.39, 0.29) is 19.1 Å². The minimum Gasteiger partial charge on any atom is -0.449 e. The molecule has 3 aromatic rings. The van der Waals surface area contributed by atoms with Crippen molar-refractivity contribution in [2.24, 2.45) is 0 Å². The first-order chi connectivity index (χ1) is 18.6. The molecule has 0 atom stereocenters. The standard InChI is InChI=1S/C31H36BN3O4/c1-30(2)31(3,4)39-32(38-30)22(17-21-15-16-28(33-18-21)35(5)6)19-34-29(36)37-20-27-25-13-9-7-11-23(25)24-12-8-10-14-26(24)27/h7-18,27H,19-20H2,1-6H3,(H,34,36). The maximum atomic E-state index is 12.9. The highest BCUT2D eigenvalue weighted by molar-refractivity contribution is 6.56. The fourth-order valence-corrected chi connectivity index (χ4v) is 4.98. The van der Waals surface area contributed by atoms with Gasteiger partial charge in [-0.15, -0.1) is 0 Å². The number of anilines is 1. The predicted molar refractivity (Wildman–Crippen MR) is 156 cm³/mol. The van der Waals surface area contributed by atoms with Crippen LogP contribution in [0, 0.1) is 0 Å². The Kier molecular flexibility index (Phi) is 7.27. The minimum atomic E-state index is -0.614. The lowest BCUT2D eigenvalue weighted by molar-refractivity contribution is 0.00578. The van der Waals surface area contributed by atoms with Crippen LogP contribution in [-0.2, 0) is 14.0 Å². The maximum absolute atomic E-state index is 12.9. The molecule has 39 heavy (non-hydrogen) atoms. The van der Waals surface area contributed by atoms with Gasteiger partial charge in [-0.2, -0.15) is 0 Å². The molecule has 0 spiro atoms. The highest BCUT2D eigenvalue weighted by Gasteiger charge is 2.52. The topological polar surface area (TPSA) is 72.9 Å². The summed E-state index contributed by atoms with van der Waals surface area (Å²) in [6, 6.07) is 20.5. The second kappa shape index (κ2) is 10.5. The summed E-state index contributed by atoms with van der Waals surface area (Å²) < 4.78 is 18.4. The average molecular weight is 525 g/mol. The summed E-state index contributed by atoms with van der Waals surface area (Å²) in [6.45, 7) is 8.51. The van der Waals surface area contributed by atoms with Crippen molar-refractivity contribution < 1.29 is 18.8 Å². The Hall–Kier alpha value is -3.62. The molecule has 0 radical (unpaired) electrons. The molecule has 2 aromatic carbocycles. The molecule has 1 aliphatic heterocycles. The molecule has 2 aliphatic rings. The van der Waals surface area contributed by atoms with Crippen molar-refractivity contribution in [2.75, 3.05) is 32.1 Å². The molecule has 0 unspecified atom stereocenters. The first kappa shape index (κ1) is 27.0. The highest BCUT2D eigenvalue weighted by Crippen LogP contribution is 2.44. The molecular weight excluding hydrogens is 489 g/mol. The van der Waals surface area contributed by atoms with E-state index in [4.69, 9.17) is 14.0 Å². The fraction of sp³-hybridized carbons (Fsp3) is 0.355. The number of rotatable bonds is 7. The molecule has 1 amide bonds. The van der Waals surface area contributed by atoms with E-state index < -0.39 is 24.4 Å². The van der Waals surface area contributed by atoms with E-state index in [9.17, 15) is 4.79 Å². The minimum absolute atomic E-state index is 0.00236. The number of nitrogens with one attached hydrogen (secondary N) is 1. The molecule has 5 rings (SSSR count). The molecule has 7 nitrogen and oxygen atoms in total. The van der Waals surface area contributed by atoms with Gasteiger partial charge in [0.15, 0.2) is 0 Å². The van der Waals surface area contributed by atoms with Gasteiger partial charge in [0.2, 0.25) is 0 Å². The van der Waals surface area contributed by atoms with Crippen LogP contribution < -0.4 is 10.2 Å². The van der Waals surface area contributed by atoms with Crippen LogP contribution >= 0.6 is 0 Å². The Balaban J connectivity index is 1.29. The summed E-state index contributed by atoms with van der Waals surface area (Å²) in [7, 11) is 3.29. The number of benzene rings is 2. The lowest BCUT2D eigenvalue weighted by atomic mass is 9.77. The molecule has 1 saturated heterocycles. The van der Waals surface area contributed by atoms with Crippen molar-refractivity contribution in [3.63, 3.8) is 0 Å². The van der Waals surface area contributed by atoms with Crippen LogP contribution in [0.5, 0.6) is 0 Å². The number of fused-ring (bicyclic) bond motifs is 3. The first-order valence-electron chi connectivity index (χ1n) is 13.3. The third kappa shape index (κ3) is 5.44. The zero-order chi connectivity index (χ0) is 27.8. The Morgan fingerprint density at radius 1 is 0.974 bits per heavy atom. The van der Waals surface area contributed by atoms with Gasteiger partial charge in [-0.05, 0) is 73.1 Å². The van der Waals surface area contributed by atoms with Crippen LogP contribution in [0.4, 0.5) is 10.6 Å². The van der Waals surface area contributed by atoms with Crippen LogP contribution in [-0.4, -0.2) is 56.6 Å². The van der Waals surface area contributed by atoms with Gasteiger partial charge < -0.3 is 24.3 Å². The predicted octanol–water partition coefficient (Wildman–Crippen LogP) is 5.70. The molecule has 2 heterocycles. The zero-order valence-corrected chi connectivity index (χ0v) is 23.5. The molecular formula is C31H36BN3O4. The van der Waals surface area contributed by atoms with Crippen molar-refractivity contribution in [1.29, 1.82) is 0 Å². The number of nitrogens with zero attached hydrogens (tertiary/aromatic N) is 2. The molecule has 0 saturated carbocycles. The van der Waals surface area contributed by atoms with E-state index in [1.54, 1.807) is 6.20 Å². The molecule has 8 heteroatoms. The lowest BCUT2D eigenvalue weighted by Gasteiger charge is -2.32. The molecule has 1 aromatic heterocycles. The van der Waals surface area contributed by atoms with Gasteiger partial charge >= 0.3 is 13.2 Å². The van der Waals surface area contributed by atoms with Crippen molar-refractivity contribution in [3.8, 4) is 11.1 Å². The second-order valence-electron chi connectivity index (χ2n) is 11.3. The highest BCUT2D eigenvalue weighted by atomic mass is 16.7. The van der Waals surface area contributed by atoms with Crippen LogP contribution in [0.1, 0.15) is 50.3 Å². The Morgan fingerprint density at radius 3 is 2.10 bits per heavy atom. The largest absolute Gasteiger partial charge is 0.492 e. The van der Waals surface area contributed by atoms with E-state index in [1.807, 2.05) is 89.2 Å². The maximum Gasteiger partial charge on any atom is 0.492 e. The molecule has 1 aliphatic carbocycles. The van der Waals surface area contributed by atoms with Crippen molar-refractivity contribution in [3.05, 3.63) is 89.0 Å². The molecule has 1 fully saturated rings. The normalized spacial score (nSPS) is 17.5. The van der Waals surface area contributed by atoms with E-state index >= 15 is 0 Å². The molecule has 202 valence electrons. The number of carbonyl (C=O) groups excluding carboxylic acids is 1. The van der Waals surface area contributed by atoms with E-state index in [1.165, 1.54) is 22.3 Å². The summed E-state index contributed by atoms with van der Waals surface area (Å²) >= 11 is 0. The molecule has 1 N–H and O–H groups in total.